The predicted molar refractivity (Wildman–Crippen MR) is 102 cm³/mol. The monoisotopic (exact) mass is 419 g/mol. The average molecular weight is 419 g/mol. The summed E-state index contributed by atoms with van der Waals surface area (Å²) in [5.41, 5.74) is 0.975. The first-order valence-corrected chi connectivity index (χ1v) is 11.2. The maximum atomic E-state index is 12.5. The molecule has 0 radical (unpaired) electrons. The number of ether oxygens (including phenoxy) is 2. The SMILES string of the molecule is CCOC(=O)c1sc(Oc2ccc(C#N)c(S(C)(=O)=O)c2)c2c1CCCC2=O. The number of esters is 1. The second kappa shape index (κ2) is 7.73. The maximum absolute atomic E-state index is 12.5. The number of ketones is 1. The molecule has 9 heteroatoms. The topological polar surface area (TPSA) is 111 Å². The van der Waals surface area contributed by atoms with Crippen molar-refractivity contribution in [3.63, 3.8) is 0 Å². The zero-order valence-corrected chi connectivity index (χ0v) is 16.9. The van der Waals surface area contributed by atoms with Crippen LogP contribution in [0, 0.1) is 11.3 Å². The van der Waals surface area contributed by atoms with Crippen LogP contribution in [0.4, 0.5) is 0 Å². The highest BCUT2D eigenvalue weighted by Crippen LogP contribution is 2.42. The molecule has 1 aliphatic carbocycles. The van der Waals surface area contributed by atoms with Crippen molar-refractivity contribution in [2.45, 2.75) is 31.1 Å². The fourth-order valence-electron chi connectivity index (χ4n) is 3.02. The van der Waals surface area contributed by atoms with Crippen LogP contribution in [-0.4, -0.2) is 33.0 Å². The molecule has 7 nitrogen and oxygen atoms in total. The lowest BCUT2D eigenvalue weighted by Gasteiger charge is -2.13. The van der Waals surface area contributed by atoms with E-state index in [1.165, 1.54) is 18.2 Å². The van der Waals surface area contributed by atoms with Crippen LogP contribution in [-0.2, 0) is 21.0 Å². The molecule has 0 aliphatic heterocycles. The highest BCUT2D eigenvalue weighted by Gasteiger charge is 2.31. The highest BCUT2D eigenvalue weighted by molar-refractivity contribution is 7.90. The number of Topliss-reactive ketones (excluding diaryl/α,β-unsaturated/α-hetero) is 1. The Kier molecular flexibility index (Phi) is 5.54. The summed E-state index contributed by atoms with van der Waals surface area (Å²) in [5, 5.41) is 9.35. The number of nitriles is 1. The first kappa shape index (κ1) is 20.0. The van der Waals surface area contributed by atoms with Crippen LogP contribution in [0.15, 0.2) is 23.1 Å². The standard InChI is InChI=1S/C19H17NO6S2/c1-3-25-18(22)17-13-5-4-6-14(21)16(13)19(27-17)26-12-8-7-11(10-20)15(9-12)28(2,23)24/h7-9H,3-6H2,1-2H3. The summed E-state index contributed by atoms with van der Waals surface area (Å²) in [5.74, 6) is -0.470. The molecule has 28 heavy (non-hydrogen) atoms. The number of fused-ring (bicyclic) bond motifs is 1. The van der Waals surface area contributed by atoms with Crippen LogP contribution in [0.2, 0.25) is 0 Å². The molecule has 0 saturated carbocycles. The molecule has 0 spiro atoms. The third kappa shape index (κ3) is 3.79. The van der Waals surface area contributed by atoms with Crippen molar-refractivity contribution in [2.24, 2.45) is 0 Å². The van der Waals surface area contributed by atoms with E-state index in [4.69, 9.17) is 14.7 Å². The minimum Gasteiger partial charge on any atom is -0.462 e. The van der Waals surface area contributed by atoms with E-state index >= 15 is 0 Å². The molecular weight excluding hydrogens is 402 g/mol. The fourth-order valence-corrected chi connectivity index (χ4v) is 4.99. The molecule has 1 heterocycles. The molecule has 1 aliphatic rings. The van der Waals surface area contributed by atoms with E-state index in [2.05, 4.69) is 0 Å². The van der Waals surface area contributed by atoms with Gasteiger partial charge in [-0.15, -0.1) is 0 Å². The van der Waals surface area contributed by atoms with E-state index < -0.39 is 15.8 Å². The Bertz CT molecular complexity index is 1110. The number of hydrogen-bond donors (Lipinski definition) is 0. The van der Waals surface area contributed by atoms with Crippen LogP contribution in [0.25, 0.3) is 0 Å². The quantitative estimate of drug-likeness (QED) is 0.682. The first-order valence-electron chi connectivity index (χ1n) is 8.54. The Morgan fingerprint density at radius 1 is 1.32 bits per heavy atom. The van der Waals surface area contributed by atoms with E-state index in [0.29, 0.717) is 35.3 Å². The second-order valence-corrected chi connectivity index (χ2v) is 9.18. The molecule has 0 amide bonds. The average Bonchev–Trinajstić information content (AvgIpc) is 3.01. The van der Waals surface area contributed by atoms with Crippen molar-refractivity contribution in [1.29, 1.82) is 5.26 Å². The van der Waals surface area contributed by atoms with Gasteiger partial charge in [0.25, 0.3) is 0 Å². The van der Waals surface area contributed by atoms with Gasteiger partial charge >= 0.3 is 5.97 Å². The van der Waals surface area contributed by atoms with Gasteiger partial charge in [-0.2, -0.15) is 5.26 Å². The fraction of sp³-hybridized carbons (Fsp3) is 0.316. The van der Waals surface area contributed by atoms with Crippen molar-refractivity contribution >= 4 is 32.9 Å². The maximum Gasteiger partial charge on any atom is 0.348 e. The molecule has 0 fully saturated rings. The smallest absolute Gasteiger partial charge is 0.348 e. The minimum absolute atomic E-state index is 0.00588. The molecule has 1 aromatic carbocycles. The molecule has 1 aromatic heterocycles. The van der Waals surface area contributed by atoms with Crippen LogP contribution >= 0.6 is 11.3 Å². The molecule has 0 unspecified atom stereocenters. The van der Waals surface area contributed by atoms with Gasteiger partial charge in [0.1, 0.15) is 16.7 Å². The lowest BCUT2D eigenvalue weighted by atomic mass is 9.92. The molecule has 0 bridgehead atoms. The molecule has 2 aromatic rings. The summed E-state index contributed by atoms with van der Waals surface area (Å²) in [6.07, 6.45) is 2.56. The van der Waals surface area contributed by atoms with E-state index in [1.54, 1.807) is 6.92 Å². The van der Waals surface area contributed by atoms with Gasteiger partial charge in [-0.3, -0.25) is 4.79 Å². The number of carbonyl (C=O) groups is 2. The van der Waals surface area contributed by atoms with Gasteiger partial charge in [-0.1, -0.05) is 11.3 Å². The Morgan fingerprint density at radius 2 is 2.07 bits per heavy atom. The summed E-state index contributed by atoms with van der Waals surface area (Å²) in [7, 11) is -3.64. The molecular formula is C19H17NO6S2. The summed E-state index contributed by atoms with van der Waals surface area (Å²) in [4.78, 5) is 24.9. The zero-order chi connectivity index (χ0) is 20.5. The Hall–Kier alpha value is -2.70. The molecule has 3 rings (SSSR count). The normalized spacial score (nSPS) is 13.5. The lowest BCUT2D eigenvalue weighted by Crippen LogP contribution is -2.13. The second-order valence-electron chi connectivity index (χ2n) is 6.21. The van der Waals surface area contributed by atoms with Gasteiger partial charge in [0.05, 0.1) is 22.6 Å². The number of nitrogens with zero attached hydrogens (tertiary/aromatic N) is 1. The zero-order valence-electron chi connectivity index (χ0n) is 15.3. The summed E-state index contributed by atoms with van der Waals surface area (Å²) < 4.78 is 34.8. The summed E-state index contributed by atoms with van der Waals surface area (Å²) >= 11 is 1.01. The number of carbonyl (C=O) groups excluding carboxylic acids is 2. The number of thiophene rings is 1. The van der Waals surface area contributed by atoms with E-state index in [-0.39, 0.29) is 33.7 Å². The van der Waals surface area contributed by atoms with Crippen molar-refractivity contribution in [1.82, 2.24) is 0 Å². The van der Waals surface area contributed by atoms with Gasteiger partial charge in [-0.05, 0) is 37.5 Å². The van der Waals surface area contributed by atoms with E-state index in [9.17, 15) is 18.0 Å². The van der Waals surface area contributed by atoms with E-state index in [0.717, 1.165) is 17.6 Å². The summed E-state index contributed by atoms with van der Waals surface area (Å²) in [6, 6.07) is 5.89. The molecule has 0 N–H and O–H groups in total. The van der Waals surface area contributed by atoms with Crippen molar-refractivity contribution < 1.29 is 27.5 Å². The minimum atomic E-state index is -3.64. The predicted octanol–water partition coefficient (Wildman–Crippen LogP) is 3.51. The lowest BCUT2D eigenvalue weighted by molar-refractivity contribution is 0.0531. The molecule has 0 atom stereocenters. The molecule has 0 saturated heterocycles. The van der Waals surface area contributed by atoms with Crippen molar-refractivity contribution in [2.75, 3.05) is 12.9 Å². The van der Waals surface area contributed by atoms with Gasteiger partial charge in [0, 0.05) is 18.7 Å². The van der Waals surface area contributed by atoms with Crippen LogP contribution in [0.1, 0.15) is 50.9 Å². The molecule has 146 valence electrons. The van der Waals surface area contributed by atoms with Crippen molar-refractivity contribution in [3.8, 4) is 16.9 Å². The first-order chi connectivity index (χ1) is 13.3. The van der Waals surface area contributed by atoms with Gasteiger partial charge in [0.2, 0.25) is 0 Å². The van der Waals surface area contributed by atoms with Gasteiger partial charge in [-0.25, -0.2) is 13.2 Å². The largest absolute Gasteiger partial charge is 0.462 e. The number of sulfone groups is 1. The number of benzene rings is 1. The van der Waals surface area contributed by atoms with Gasteiger partial charge in [0.15, 0.2) is 20.7 Å². The Balaban J connectivity index is 2.07. The third-order valence-electron chi connectivity index (χ3n) is 4.23. The van der Waals surface area contributed by atoms with Crippen molar-refractivity contribution in [3.05, 3.63) is 39.8 Å². The highest BCUT2D eigenvalue weighted by atomic mass is 32.2. The van der Waals surface area contributed by atoms with Crippen LogP contribution < -0.4 is 4.74 Å². The van der Waals surface area contributed by atoms with Crippen LogP contribution in [0.3, 0.4) is 0 Å². The summed E-state index contributed by atoms with van der Waals surface area (Å²) in [6.45, 7) is 1.91. The Labute approximate surface area is 166 Å². The Morgan fingerprint density at radius 3 is 2.71 bits per heavy atom. The number of rotatable bonds is 5. The van der Waals surface area contributed by atoms with Crippen LogP contribution in [0.5, 0.6) is 10.8 Å². The van der Waals surface area contributed by atoms with E-state index in [1.807, 2.05) is 6.07 Å². The number of hydrogen-bond acceptors (Lipinski definition) is 8. The van der Waals surface area contributed by atoms with Gasteiger partial charge < -0.3 is 9.47 Å². The third-order valence-corrected chi connectivity index (χ3v) is 6.46.